The largest absolute Gasteiger partial charge is 0.394 e. The maximum absolute atomic E-state index is 9.16. The number of rotatable bonds is 5. The summed E-state index contributed by atoms with van der Waals surface area (Å²) in [5, 5.41) is 21.6. The summed E-state index contributed by atoms with van der Waals surface area (Å²) in [6.07, 6.45) is -0.709. The zero-order chi connectivity index (χ0) is 11.3. The molecule has 0 aromatic heterocycles. The van der Waals surface area contributed by atoms with E-state index in [9.17, 15) is 0 Å². The van der Waals surface area contributed by atoms with E-state index in [0.717, 1.165) is 5.56 Å². The fraction of sp³-hybridized carbons (Fsp3) is 0.455. The van der Waals surface area contributed by atoms with Crippen LogP contribution < -0.4 is 5.32 Å². The van der Waals surface area contributed by atoms with Crippen LogP contribution in [0.25, 0.3) is 0 Å². The highest BCUT2D eigenvalue weighted by Gasteiger charge is 2.07. The predicted molar refractivity (Wildman–Crippen MR) is 61.0 cm³/mol. The van der Waals surface area contributed by atoms with Crippen LogP contribution in [0.5, 0.6) is 0 Å². The molecule has 0 aliphatic heterocycles. The molecular weight excluding hydrogens is 214 g/mol. The van der Waals surface area contributed by atoms with E-state index in [1.165, 1.54) is 0 Å². The Morgan fingerprint density at radius 1 is 1.33 bits per heavy atom. The second kappa shape index (κ2) is 6.08. The van der Waals surface area contributed by atoms with Crippen molar-refractivity contribution in [3.63, 3.8) is 0 Å². The summed E-state index contributed by atoms with van der Waals surface area (Å²) in [6, 6.07) is 7.66. The van der Waals surface area contributed by atoms with E-state index in [0.29, 0.717) is 11.6 Å². The fourth-order valence-electron chi connectivity index (χ4n) is 1.25. The molecule has 3 nitrogen and oxygen atoms in total. The molecule has 1 aromatic rings. The average molecular weight is 230 g/mol. The number of hydrogen-bond acceptors (Lipinski definition) is 3. The molecule has 15 heavy (non-hydrogen) atoms. The SMILES string of the molecule is CC(NCC(O)CO)c1ccc(Cl)cc1. The number of nitrogens with one attached hydrogen (secondary N) is 1. The van der Waals surface area contributed by atoms with Crippen molar-refractivity contribution in [3.8, 4) is 0 Å². The minimum absolute atomic E-state index is 0.128. The molecular formula is C11H16ClNO2. The lowest BCUT2D eigenvalue weighted by Crippen LogP contribution is -2.31. The Balaban J connectivity index is 2.46. The van der Waals surface area contributed by atoms with Crippen LogP contribution in [-0.4, -0.2) is 29.5 Å². The standard InChI is InChI=1S/C11H16ClNO2/c1-8(13-6-11(15)7-14)9-2-4-10(12)5-3-9/h2-5,8,11,13-15H,6-7H2,1H3. The van der Waals surface area contributed by atoms with Gasteiger partial charge in [0.15, 0.2) is 0 Å². The van der Waals surface area contributed by atoms with Crippen molar-refractivity contribution in [1.82, 2.24) is 5.32 Å². The van der Waals surface area contributed by atoms with E-state index in [1.807, 2.05) is 31.2 Å². The van der Waals surface area contributed by atoms with Gasteiger partial charge in [-0.3, -0.25) is 0 Å². The van der Waals surface area contributed by atoms with Gasteiger partial charge in [0.2, 0.25) is 0 Å². The van der Waals surface area contributed by atoms with E-state index in [4.69, 9.17) is 21.8 Å². The van der Waals surface area contributed by atoms with Crippen LogP contribution in [0.15, 0.2) is 24.3 Å². The second-order valence-corrected chi connectivity index (χ2v) is 3.95. The number of hydrogen-bond donors (Lipinski definition) is 3. The van der Waals surface area contributed by atoms with Gasteiger partial charge in [-0.1, -0.05) is 23.7 Å². The minimum Gasteiger partial charge on any atom is -0.394 e. The summed E-state index contributed by atoms with van der Waals surface area (Å²) in [7, 11) is 0. The van der Waals surface area contributed by atoms with Gasteiger partial charge >= 0.3 is 0 Å². The van der Waals surface area contributed by atoms with E-state index < -0.39 is 6.10 Å². The molecule has 84 valence electrons. The van der Waals surface area contributed by atoms with Crippen LogP contribution in [0.2, 0.25) is 5.02 Å². The van der Waals surface area contributed by atoms with E-state index in [1.54, 1.807) is 0 Å². The molecule has 0 bridgehead atoms. The van der Waals surface area contributed by atoms with Crippen LogP contribution in [-0.2, 0) is 0 Å². The molecule has 3 N–H and O–H groups in total. The van der Waals surface area contributed by atoms with Crippen molar-refractivity contribution in [1.29, 1.82) is 0 Å². The topological polar surface area (TPSA) is 52.5 Å². The lowest BCUT2D eigenvalue weighted by atomic mass is 10.1. The highest BCUT2D eigenvalue weighted by molar-refractivity contribution is 6.30. The van der Waals surface area contributed by atoms with Crippen molar-refractivity contribution < 1.29 is 10.2 Å². The van der Waals surface area contributed by atoms with Gasteiger partial charge in [0, 0.05) is 17.6 Å². The monoisotopic (exact) mass is 229 g/mol. The Bertz CT molecular complexity index is 289. The van der Waals surface area contributed by atoms with Crippen LogP contribution in [0.4, 0.5) is 0 Å². The molecule has 0 amide bonds. The Kier molecular flexibility index (Phi) is 5.05. The maximum Gasteiger partial charge on any atom is 0.0895 e. The first kappa shape index (κ1) is 12.5. The summed E-state index contributed by atoms with van der Waals surface area (Å²) < 4.78 is 0. The third-order valence-corrected chi connectivity index (χ3v) is 2.49. The van der Waals surface area contributed by atoms with Gasteiger partial charge in [-0.2, -0.15) is 0 Å². The molecule has 0 spiro atoms. The third-order valence-electron chi connectivity index (χ3n) is 2.24. The molecule has 1 rings (SSSR count). The van der Waals surface area contributed by atoms with Crippen molar-refractivity contribution >= 4 is 11.6 Å². The molecule has 0 radical (unpaired) electrons. The number of aliphatic hydroxyl groups excluding tert-OH is 2. The molecule has 2 unspecified atom stereocenters. The lowest BCUT2D eigenvalue weighted by Gasteiger charge is -2.16. The Morgan fingerprint density at radius 3 is 2.47 bits per heavy atom. The normalized spacial score (nSPS) is 14.9. The van der Waals surface area contributed by atoms with Gasteiger partial charge in [-0.15, -0.1) is 0 Å². The first-order chi connectivity index (χ1) is 7.13. The summed E-state index contributed by atoms with van der Waals surface area (Å²) in [5.41, 5.74) is 1.10. The van der Waals surface area contributed by atoms with Crippen molar-refractivity contribution in [2.75, 3.05) is 13.2 Å². The van der Waals surface area contributed by atoms with Crippen LogP contribution >= 0.6 is 11.6 Å². The van der Waals surface area contributed by atoms with E-state index in [-0.39, 0.29) is 12.6 Å². The second-order valence-electron chi connectivity index (χ2n) is 3.52. The van der Waals surface area contributed by atoms with Crippen LogP contribution in [0.3, 0.4) is 0 Å². The van der Waals surface area contributed by atoms with Gasteiger partial charge in [0.25, 0.3) is 0 Å². The summed E-state index contributed by atoms with van der Waals surface area (Å²) in [6.45, 7) is 2.15. The maximum atomic E-state index is 9.16. The van der Waals surface area contributed by atoms with Crippen molar-refractivity contribution in [2.45, 2.75) is 19.1 Å². The third kappa shape index (κ3) is 4.18. The Labute approximate surface area is 94.7 Å². The Morgan fingerprint density at radius 2 is 1.93 bits per heavy atom. The van der Waals surface area contributed by atoms with Crippen molar-refractivity contribution in [2.24, 2.45) is 0 Å². The van der Waals surface area contributed by atoms with Crippen LogP contribution in [0.1, 0.15) is 18.5 Å². The quantitative estimate of drug-likeness (QED) is 0.715. The molecule has 2 atom stereocenters. The fourth-order valence-corrected chi connectivity index (χ4v) is 1.37. The Hall–Kier alpha value is -0.610. The summed E-state index contributed by atoms with van der Waals surface area (Å²) >= 11 is 5.77. The van der Waals surface area contributed by atoms with E-state index >= 15 is 0 Å². The van der Waals surface area contributed by atoms with Crippen molar-refractivity contribution in [3.05, 3.63) is 34.9 Å². The molecule has 0 saturated carbocycles. The molecule has 0 heterocycles. The molecule has 0 aliphatic rings. The zero-order valence-electron chi connectivity index (χ0n) is 8.65. The predicted octanol–water partition coefficient (Wildman–Crippen LogP) is 1.34. The van der Waals surface area contributed by atoms with E-state index in [2.05, 4.69) is 5.32 Å². The lowest BCUT2D eigenvalue weighted by molar-refractivity contribution is 0.0924. The van der Waals surface area contributed by atoms with Gasteiger partial charge in [-0.25, -0.2) is 0 Å². The molecule has 0 fully saturated rings. The molecule has 4 heteroatoms. The smallest absolute Gasteiger partial charge is 0.0895 e. The molecule has 1 aromatic carbocycles. The first-order valence-corrected chi connectivity index (χ1v) is 5.29. The molecule has 0 saturated heterocycles. The first-order valence-electron chi connectivity index (χ1n) is 4.91. The summed E-state index contributed by atoms with van der Waals surface area (Å²) in [5.74, 6) is 0. The number of aliphatic hydroxyl groups is 2. The minimum atomic E-state index is -0.709. The zero-order valence-corrected chi connectivity index (χ0v) is 9.41. The van der Waals surface area contributed by atoms with Gasteiger partial charge in [0.05, 0.1) is 12.7 Å². The number of halogens is 1. The van der Waals surface area contributed by atoms with Gasteiger partial charge in [0.1, 0.15) is 0 Å². The summed E-state index contributed by atoms with van der Waals surface area (Å²) in [4.78, 5) is 0. The highest BCUT2D eigenvalue weighted by Crippen LogP contribution is 2.15. The van der Waals surface area contributed by atoms with Crippen LogP contribution in [0, 0.1) is 0 Å². The average Bonchev–Trinajstić information content (AvgIpc) is 2.26. The number of benzene rings is 1. The van der Waals surface area contributed by atoms with Gasteiger partial charge in [-0.05, 0) is 24.6 Å². The van der Waals surface area contributed by atoms with Gasteiger partial charge < -0.3 is 15.5 Å². The highest BCUT2D eigenvalue weighted by atomic mass is 35.5. The molecule has 0 aliphatic carbocycles.